The van der Waals surface area contributed by atoms with E-state index in [1.54, 1.807) is 10.9 Å². The molecule has 20 heavy (non-hydrogen) atoms. The molecule has 0 fully saturated rings. The fourth-order valence-electron chi connectivity index (χ4n) is 2.45. The number of nitrogens with zero attached hydrogens (tertiary/aromatic N) is 3. The summed E-state index contributed by atoms with van der Waals surface area (Å²) >= 11 is 0. The number of aromatic nitrogens is 3. The zero-order chi connectivity index (χ0) is 13.8. The molecular weight excluding hydrogens is 254 g/mol. The number of carbonyl (C=O) groups excluding carboxylic acids is 1. The van der Waals surface area contributed by atoms with E-state index in [4.69, 9.17) is 0 Å². The zero-order valence-electron chi connectivity index (χ0n) is 11.1. The van der Waals surface area contributed by atoms with Crippen molar-refractivity contribution in [1.29, 1.82) is 0 Å². The van der Waals surface area contributed by atoms with E-state index in [1.807, 2.05) is 30.5 Å². The molecule has 6 heteroatoms. The topological polar surface area (TPSA) is 71.8 Å². The third-order valence-electron chi connectivity index (χ3n) is 3.48. The average molecular weight is 271 g/mol. The monoisotopic (exact) mass is 271 g/mol. The molecule has 1 unspecified atom stereocenters. The number of para-hydroxylation sites is 1. The van der Waals surface area contributed by atoms with Crippen molar-refractivity contribution in [3.8, 4) is 0 Å². The summed E-state index contributed by atoms with van der Waals surface area (Å²) in [6, 6.07) is 7.96. The van der Waals surface area contributed by atoms with Crippen LogP contribution in [0.5, 0.6) is 0 Å². The summed E-state index contributed by atoms with van der Waals surface area (Å²) in [5.74, 6) is -0.00129. The summed E-state index contributed by atoms with van der Waals surface area (Å²) in [6.07, 6.45) is 4.32. The molecule has 3 rings (SSSR count). The summed E-state index contributed by atoms with van der Waals surface area (Å²) in [7, 11) is 0. The van der Waals surface area contributed by atoms with Crippen molar-refractivity contribution in [2.24, 2.45) is 0 Å². The third kappa shape index (κ3) is 2.64. The Morgan fingerprint density at radius 2 is 2.35 bits per heavy atom. The molecule has 1 atom stereocenters. The SMILES string of the molecule is O=C(NCCCn1ccnn1)C1CNc2ccccc21. The van der Waals surface area contributed by atoms with E-state index in [0.29, 0.717) is 13.1 Å². The van der Waals surface area contributed by atoms with Crippen LogP contribution in [-0.4, -0.2) is 34.0 Å². The van der Waals surface area contributed by atoms with Gasteiger partial charge in [0.1, 0.15) is 0 Å². The van der Waals surface area contributed by atoms with Crippen molar-refractivity contribution in [3.63, 3.8) is 0 Å². The van der Waals surface area contributed by atoms with E-state index in [9.17, 15) is 4.79 Å². The first-order valence-corrected chi connectivity index (χ1v) is 6.79. The van der Waals surface area contributed by atoms with E-state index >= 15 is 0 Å². The Balaban J connectivity index is 1.48. The van der Waals surface area contributed by atoms with Crippen LogP contribution in [0.2, 0.25) is 0 Å². The molecule has 2 aromatic rings. The van der Waals surface area contributed by atoms with Gasteiger partial charge in [-0.15, -0.1) is 5.10 Å². The van der Waals surface area contributed by atoms with Gasteiger partial charge >= 0.3 is 0 Å². The molecule has 2 N–H and O–H groups in total. The van der Waals surface area contributed by atoms with E-state index in [0.717, 1.165) is 24.2 Å². The lowest BCUT2D eigenvalue weighted by atomic mass is 10.0. The van der Waals surface area contributed by atoms with Crippen LogP contribution in [0.25, 0.3) is 0 Å². The molecule has 1 aliphatic heterocycles. The highest BCUT2D eigenvalue weighted by Crippen LogP contribution is 2.30. The first-order valence-electron chi connectivity index (χ1n) is 6.79. The average Bonchev–Trinajstić information content (AvgIpc) is 3.12. The van der Waals surface area contributed by atoms with Crippen molar-refractivity contribution in [1.82, 2.24) is 20.3 Å². The number of benzene rings is 1. The predicted octanol–water partition coefficient (Wildman–Crippen LogP) is 0.994. The van der Waals surface area contributed by atoms with Crippen LogP contribution in [-0.2, 0) is 11.3 Å². The lowest BCUT2D eigenvalue weighted by Crippen LogP contribution is -2.31. The standard InChI is InChI=1S/C14H17N5O/c20-14(15-6-3-8-19-9-7-17-18-19)12-10-16-13-5-2-1-4-11(12)13/h1-2,4-5,7,9,12,16H,3,6,8,10H2,(H,15,20). The highest BCUT2D eigenvalue weighted by atomic mass is 16.1. The maximum atomic E-state index is 12.2. The van der Waals surface area contributed by atoms with Gasteiger partial charge in [-0.25, -0.2) is 0 Å². The van der Waals surface area contributed by atoms with Gasteiger partial charge < -0.3 is 10.6 Å². The first kappa shape index (κ1) is 12.7. The Bertz CT molecular complexity index is 581. The summed E-state index contributed by atoms with van der Waals surface area (Å²) in [5, 5.41) is 13.9. The largest absolute Gasteiger partial charge is 0.384 e. The minimum atomic E-state index is -0.0856. The molecular formula is C14H17N5O. The summed E-state index contributed by atoms with van der Waals surface area (Å²) in [5.41, 5.74) is 2.15. The molecule has 2 heterocycles. The second-order valence-electron chi connectivity index (χ2n) is 4.83. The number of hydrogen-bond donors (Lipinski definition) is 2. The molecule has 0 bridgehead atoms. The molecule has 1 aromatic carbocycles. The van der Waals surface area contributed by atoms with Gasteiger partial charge in [-0.3, -0.25) is 9.48 Å². The molecule has 104 valence electrons. The van der Waals surface area contributed by atoms with Crippen LogP contribution in [0, 0.1) is 0 Å². The number of fused-ring (bicyclic) bond motifs is 1. The van der Waals surface area contributed by atoms with Gasteiger partial charge in [0.2, 0.25) is 5.91 Å². The highest BCUT2D eigenvalue weighted by Gasteiger charge is 2.27. The third-order valence-corrected chi connectivity index (χ3v) is 3.48. The maximum Gasteiger partial charge on any atom is 0.229 e. The fraction of sp³-hybridized carbons (Fsp3) is 0.357. The Labute approximate surface area is 117 Å². The maximum absolute atomic E-state index is 12.2. The lowest BCUT2D eigenvalue weighted by Gasteiger charge is -2.11. The second-order valence-corrected chi connectivity index (χ2v) is 4.83. The van der Waals surface area contributed by atoms with Gasteiger partial charge in [0.05, 0.1) is 12.1 Å². The van der Waals surface area contributed by atoms with Crippen molar-refractivity contribution < 1.29 is 4.79 Å². The molecule has 0 aliphatic carbocycles. The van der Waals surface area contributed by atoms with E-state index in [-0.39, 0.29) is 11.8 Å². The molecule has 0 radical (unpaired) electrons. The molecule has 6 nitrogen and oxygen atoms in total. The minimum Gasteiger partial charge on any atom is -0.384 e. The van der Waals surface area contributed by atoms with Gasteiger partial charge in [-0.1, -0.05) is 23.4 Å². The van der Waals surface area contributed by atoms with Crippen LogP contribution in [0.1, 0.15) is 17.9 Å². The highest BCUT2D eigenvalue weighted by molar-refractivity contribution is 5.88. The van der Waals surface area contributed by atoms with Gasteiger partial charge in [0, 0.05) is 31.5 Å². The van der Waals surface area contributed by atoms with Crippen molar-refractivity contribution in [2.45, 2.75) is 18.9 Å². The van der Waals surface area contributed by atoms with Crippen LogP contribution in [0.15, 0.2) is 36.7 Å². The zero-order valence-corrected chi connectivity index (χ0v) is 11.1. The number of anilines is 1. The number of nitrogens with one attached hydrogen (secondary N) is 2. The summed E-state index contributed by atoms with van der Waals surface area (Å²) in [6.45, 7) is 2.09. The Morgan fingerprint density at radius 3 is 3.20 bits per heavy atom. The van der Waals surface area contributed by atoms with Crippen LogP contribution < -0.4 is 10.6 Å². The smallest absolute Gasteiger partial charge is 0.229 e. The van der Waals surface area contributed by atoms with Gasteiger partial charge in [-0.05, 0) is 18.1 Å². The van der Waals surface area contributed by atoms with Crippen LogP contribution in [0.4, 0.5) is 5.69 Å². The van der Waals surface area contributed by atoms with Gasteiger partial charge in [0.15, 0.2) is 0 Å². The van der Waals surface area contributed by atoms with E-state index in [2.05, 4.69) is 20.9 Å². The first-order chi connectivity index (χ1) is 9.84. The predicted molar refractivity (Wildman–Crippen MR) is 75.3 cm³/mol. The molecule has 1 aromatic heterocycles. The normalized spacial score (nSPS) is 16.5. The molecule has 0 saturated carbocycles. The minimum absolute atomic E-state index is 0.0843. The van der Waals surface area contributed by atoms with Crippen molar-refractivity contribution >= 4 is 11.6 Å². The Hall–Kier alpha value is -2.37. The number of amides is 1. The number of hydrogen-bond acceptors (Lipinski definition) is 4. The number of aryl methyl sites for hydroxylation is 1. The molecule has 1 amide bonds. The number of carbonyl (C=O) groups is 1. The van der Waals surface area contributed by atoms with Crippen molar-refractivity contribution in [2.75, 3.05) is 18.4 Å². The van der Waals surface area contributed by atoms with Crippen LogP contribution >= 0.6 is 0 Å². The van der Waals surface area contributed by atoms with E-state index in [1.165, 1.54) is 0 Å². The number of rotatable bonds is 5. The van der Waals surface area contributed by atoms with Crippen LogP contribution in [0.3, 0.4) is 0 Å². The Morgan fingerprint density at radius 1 is 1.45 bits per heavy atom. The second kappa shape index (κ2) is 5.73. The molecule has 0 saturated heterocycles. The van der Waals surface area contributed by atoms with Gasteiger partial charge in [-0.2, -0.15) is 0 Å². The fourth-order valence-corrected chi connectivity index (χ4v) is 2.45. The summed E-state index contributed by atoms with van der Waals surface area (Å²) in [4.78, 5) is 12.2. The van der Waals surface area contributed by atoms with Crippen molar-refractivity contribution in [3.05, 3.63) is 42.2 Å². The molecule has 0 spiro atoms. The molecule has 1 aliphatic rings. The van der Waals surface area contributed by atoms with E-state index < -0.39 is 0 Å². The summed E-state index contributed by atoms with van der Waals surface area (Å²) < 4.78 is 1.76. The van der Waals surface area contributed by atoms with Gasteiger partial charge in [0.25, 0.3) is 0 Å². The lowest BCUT2D eigenvalue weighted by molar-refractivity contribution is -0.122. The quantitative estimate of drug-likeness (QED) is 0.796. The Kier molecular flexibility index (Phi) is 3.62.